The van der Waals surface area contributed by atoms with Gasteiger partial charge in [0.1, 0.15) is 5.75 Å². The zero-order chi connectivity index (χ0) is 14.6. The van der Waals surface area contributed by atoms with Crippen LogP contribution in [-0.2, 0) is 0 Å². The molecule has 106 valence electrons. The molecule has 1 amide bonds. The SMILES string of the molecule is COc1cc(C(=O)NCC(C)(C)N(C)C)ccc1N. The third-order valence-electron chi connectivity index (χ3n) is 3.39. The Hall–Kier alpha value is -1.75. The number of rotatable bonds is 5. The molecule has 0 unspecified atom stereocenters. The fraction of sp³-hybridized carbons (Fsp3) is 0.500. The molecule has 5 heteroatoms. The van der Waals surface area contributed by atoms with Gasteiger partial charge in [0, 0.05) is 17.6 Å². The van der Waals surface area contributed by atoms with Crippen molar-refractivity contribution in [2.24, 2.45) is 0 Å². The van der Waals surface area contributed by atoms with Crippen LogP contribution in [-0.4, -0.2) is 44.1 Å². The van der Waals surface area contributed by atoms with Gasteiger partial charge in [-0.05, 0) is 46.1 Å². The first-order valence-electron chi connectivity index (χ1n) is 6.17. The smallest absolute Gasteiger partial charge is 0.251 e. The van der Waals surface area contributed by atoms with E-state index in [9.17, 15) is 4.79 Å². The van der Waals surface area contributed by atoms with Crippen LogP contribution >= 0.6 is 0 Å². The summed E-state index contributed by atoms with van der Waals surface area (Å²) in [6.45, 7) is 4.69. The summed E-state index contributed by atoms with van der Waals surface area (Å²) in [4.78, 5) is 14.1. The van der Waals surface area contributed by atoms with Crippen molar-refractivity contribution in [2.45, 2.75) is 19.4 Å². The van der Waals surface area contributed by atoms with Gasteiger partial charge < -0.3 is 20.7 Å². The summed E-state index contributed by atoms with van der Waals surface area (Å²) in [6, 6.07) is 5.01. The second-order valence-corrected chi connectivity index (χ2v) is 5.35. The average Bonchev–Trinajstić information content (AvgIpc) is 2.36. The van der Waals surface area contributed by atoms with Crippen molar-refractivity contribution in [1.82, 2.24) is 10.2 Å². The van der Waals surface area contributed by atoms with Crippen LogP contribution in [0.15, 0.2) is 18.2 Å². The summed E-state index contributed by atoms with van der Waals surface area (Å²) in [5.74, 6) is 0.382. The molecule has 0 spiro atoms. The van der Waals surface area contributed by atoms with Gasteiger partial charge in [-0.25, -0.2) is 0 Å². The Kier molecular flexibility index (Phi) is 4.78. The van der Waals surface area contributed by atoms with Crippen LogP contribution in [0.5, 0.6) is 5.75 Å². The maximum absolute atomic E-state index is 12.1. The van der Waals surface area contributed by atoms with E-state index in [1.54, 1.807) is 18.2 Å². The van der Waals surface area contributed by atoms with E-state index in [4.69, 9.17) is 10.5 Å². The lowest BCUT2D eigenvalue weighted by Gasteiger charge is -2.32. The number of nitrogen functional groups attached to an aromatic ring is 1. The van der Waals surface area contributed by atoms with Gasteiger partial charge in [-0.3, -0.25) is 4.79 Å². The number of methoxy groups -OCH3 is 1. The lowest BCUT2D eigenvalue weighted by molar-refractivity contribution is 0.0919. The third-order valence-corrected chi connectivity index (χ3v) is 3.39. The quantitative estimate of drug-likeness (QED) is 0.789. The Morgan fingerprint density at radius 1 is 1.42 bits per heavy atom. The van der Waals surface area contributed by atoms with Crippen molar-refractivity contribution in [3.05, 3.63) is 23.8 Å². The van der Waals surface area contributed by atoms with E-state index in [1.807, 2.05) is 14.1 Å². The Morgan fingerprint density at radius 3 is 2.58 bits per heavy atom. The van der Waals surface area contributed by atoms with E-state index in [0.717, 1.165) is 0 Å². The molecule has 0 aliphatic carbocycles. The number of anilines is 1. The number of nitrogens with zero attached hydrogens (tertiary/aromatic N) is 1. The Balaban J connectivity index is 2.74. The van der Waals surface area contributed by atoms with Crippen molar-refractivity contribution in [3.63, 3.8) is 0 Å². The van der Waals surface area contributed by atoms with Gasteiger partial charge in [-0.2, -0.15) is 0 Å². The molecule has 0 aliphatic rings. The standard InChI is InChI=1S/C14H23N3O2/c1-14(2,17(3)4)9-16-13(18)10-6-7-11(15)12(8-10)19-5/h6-8H,9,15H2,1-5H3,(H,16,18). The fourth-order valence-electron chi connectivity index (χ4n) is 1.41. The van der Waals surface area contributed by atoms with Crippen LogP contribution < -0.4 is 15.8 Å². The summed E-state index contributed by atoms with van der Waals surface area (Å²) in [5.41, 5.74) is 6.68. The fourth-order valence-corrected chi connectivity index (χ4v) is 1.41. The molecule has 0 fully saturated rings. The van der Waals surface area contributed by atoms with Crippen molar-refractivity contribution < 1.29 is 9.53 Å². The van der Waals surface area contributed by atoms with Crippen LogP contribution in [0.1, 0.15) is 24.2 Å². The largest absolute Gasteiger partial charge is 0.495 e. The monoisotopic (exact) mass is 265 g/mol. The van der Waals surface area contributed by atoms with Gasteiger partial charge in [0.15, 0.2) is 0 Å². The number of hydrogen-bond donors (Lipinski definition) is 2. The second kappa shape index (κ2) is 5.93. The van der Waals surface area contributed by atoms with Gasteiger partial charge in [-0.1, -0.05) is 0 Å². The minimum atomic E-state index is -0.131. The van der Waals surface area contributed by atoms with Crippen molar-refractivity contribution in [1.29, 1.82) is 0 Å². The highest BCUT2D eigenvalue weighted by Gasteiger charge is 2.21. The first kappa shape index (κ1) is 15.3. The predicted molar refractivity (Wildman–Crippen MR) is 77.5 cm³/mol. The summed E-state index contributed by atoms with van der Waals surface area (Å²) in [5, 5.41) is 2.91. The number of carbonyl (C=O) groups is 1. The molecule has 3 N–H and O–H groups in total. The molecule has 1 aromatic carbocycles. The van der Waals surface area contributed by atoms with Crippen molar-refractivity contribution in [2.75, 3.05) is 33.5 Å². The van der Waals surface area contributed by atoms with E-state index in [2.05, 4.69) is 24.1 Å². The van der Waals surface area contributed by atoms with E-state index in [0.29, 0.717) is 23.5 Å². The number of benzene rings is 1. The topological polar surface area (TPSA) is 67.6 Å². The lowest BCUT2D eigenvalue weighted by atomic mass is 10.0. The molecular formula is C14H23N3O2. The Labute approximate surface area is 114 Å². The Bertz CT molecular complexity index is 456. The Morgan fingerprint density at radius 2 is 2.05 bits per heavy atom. The van der Waals surface area contributed by atoms with Crippen LogP contribution in [0.3, 0.4) is 0 Å². The summed E-state index contributed by atoms with van der Waals surface area (Å²) in [6.07, 6.45) is 0. The van der Waals surface area contributed by atoms with Gasteiger partial charge >= 0.3 is 0 Å². The number of ether oxygens (including phenoxy) is 1. The number of amides is 1. The minimum absolute atomic E-state index is 0.104. The normalized spacial score (nSPS) is 11.5. The van der Waals surface area contributed by atoms with Crippen LogP contribution in [0, 0.1) is 0 Å². The maximum atomic E-state index is 12.1. The van der Waals surface area contributed by atoms with Crippen LogP contribution in [0.2, 0.25) is 0 Å². The van der Waals surface area contributed by atoms with Crippen molar-refractivity contribution in [3.8, 4) is 5.75 Å². The first-order chi connectivity index (χ1) is 8.77. The molecule has 0 radical (unpaired) electrons. The number of carbonyl (C=O) groups excluding carboxylic acids is 1. The highest BCUT2D eigenvalue weighted by molar-refractivity contribution is 5.95. The zero-order valence-electron chi connectivity index (χ0n) is 12.3. The minimum Gasteiger partial charge on any atom is -0.495 e. The summed E-state index contributed by atoms with van der Waals surface area (Å²) >= 11 is 0. The summed E-state index contributed by atoms with van der Waals surface area (Å²) < 4.78 is 5.11. The van der Waals surface area contributed by atoms with Gasteiger partial charge in [-0.15, -0.1) is 0 Å². The summed E-state index contributed by atoms with van der Waals surface area (Å²) in [7, 11) is 5.50. The van der Waals surface area contributed by atoms with Crippen molar-refractivity contribution >= 4 is 11.6 Å². The van der Waals surface area contributed by atoms with Gasteiger partial charge in [0.2, 0.25) is 0 Å². The number of likely N-dealkylation sites (N-methyl/N-ethyl adjacent to an activating group) is 1. The molecule has 0 aliphatic heterocycles. The average molecular weight is 265 g/mol. The molecular weight excluding hydrogens is 242 g/mol. The molecule has 1 aromatic rings. The highest BCUT2D eigenvalue weighted by atomic mass is 16.5. The molecule has 0 saturated heterocycles. The molecule has 5 nitrogen and oxygen atoms in total. The number of hydrogen-bond acceptors (Lipinski definition) is 4. The predicted octanol–water partition coefficient (Wildman–Crippen LogP) is 1.35. The van der Waals surface area contributed by atoms with Gasteiger partial charge in [0.25, 0.3) is 5.91 Å². The molecule has 1 rings (SSSR count). The third kappa shape index (κ3) is 3.86. The molecule has 0 bridgehead atoms. The first-order valence-corrected chi connectivity index (χ1v) is 6.17. The molecule has 0 atom stereocenters. The lowest BCUT2D eigenvalue weighted by Crippen LogP contribution is -2.48. The number of nitrogens with one attached hydrogen (secondary N) is 1. The second-order valence-electron chi connectivity index (χ2n) is 5.35. The van der Waals surface area contributed by atoms with Crippen LogP contribution in [0.4, 0.5) is 5.69 Å². The van der Waals surface area contributed by atoms with E-state index in [1.165, 1.54) is 7.11 Å². The van der Waals surface area contributed by atoms with Crippen LogP contribution in [0.25, 0.3) is 0 Å². The molecule has 0 saturated carbocycles. The van der Waals surface area contributed by atoms with E-state index < -0.39 is 0 Å². The zero-order valence-corrected chi connectivity index (χ0v) is 12.3. The van der Waals surface area contributed by atoms with E-state index in [-0.39, 0.29) is 11.4 Å². The molecule has 0 heterocycles. The number of nitrogens with two attached hydrogens (primary N) is 1. The van der Waals surface area contributed by atoms with Gasteiger partial charge in [0.05, 0.1) is 12.8 Å². The molecule has 19 heavy (non-hydrogen) atoms. The molecule has 0 aromatic heterocycles. The highest BCUT2D eigenvalue weighted by Crippen LogP contribution is 2.22. The maximum Gasteiger partial charge on any atom is 0.251 e. The van der Waals surface area contributed by atoms with E-state index >= 15 is 0 Å².